The molecule has 78 valence electrons. The van der Waals surface area contributed by atoms with Gasteiger partial charge in [-0.25, -0.2) is 9.18 Å². The van der Waals surface area contributed by atoms with Gasteiger partial charge in [0.25, 0.3) is 0 Å². The first kappa shape index (κ1) is 9.87. The Morgan fingerprint density at radius 1 is 1.47 bits per heavy atom. The predicted octanol–water partition coefficient (Wildman–Crippen LogP) is 2.16. The Labute approximate surface area is 86.6 Å². The number of methoxy groups -OCH3 is 1. The molecule has 0 spiro atoms. The highest BCUT2D eigenvalue weighted by Gasteiger charge is 2.45. The average Bonchev–Trinajstić information content (AvgIpc) is 2.98. The van der Waals surface area contributed by atoms with Crippen molar-refractivity contribution < 1.29 is 13.9 Å². The number of nitrogens with zero attached hydrogens (tertiary/aromatic N) is 1. The van der Waals surface area contributed by atoms with E-state index in [0.717, 1.165) is 12.8 Å². The summed E-state index contributed by atoms with van der Waals surface area (Å²) in [6.07, 6.45) is 3.06. The molecular formula is C11H10FNO2. The molecule has 1 aliphatic carbocycles. The van der Waals surface area contributed by atoms with Crippen molar-refractivity contribution in [1.29, 1.82) is 0 Å². The Hall–Kier alpha value is -1.67. The van der Waals surface area contributed by atoms with E-state index >= 15 is 0 Å². The lowest BCUT2D eigenvalue weighted by molar-refractivity contribution is 0.410. The lowest BCUT2D eigenvalue weighted by atomic mass is 10.1. The maximum absolute atomic E-state index is 13.2. The van der Waals surface area contributed by atoms with Gasteiger partial charge in [0.05, 0.1) is 12.6 Å². The molecule has 0 N–H and O–H groups in total. The molecule has 1 aromatic carbocycles. The number of isocyanates is 1. The molecule has 1 saturated carbocycles. The van der Waals surface area contributed by atoms with Crippen molar-refractivity contribution >= 4 is 6.08 Å². The fourth-order valence-electron chi connectivity index (χ4n) is 1.62. The molecule has 0 aliphatic heterocycles. The van der Waals surface area contributed by atoms with Crippen LogP contribution in [0.4, 0.5) is 4.39 Å². The van der Waals surface area contributed by atoms with Crippen molar-refractivity contribution in [2.75, 3.05) is 7.11 Å². The van der Waals surface area contributed by atoms with Crippen LogP contribution in [0.2, 0.25) is 0 Å². The quantitative estimate of drug-likeness (QED) is 0.562. The fourth-order valence-corrected chi connectivity index (χ4v) is 1.62. The lowest BCUT2D eigenvalue weighted by Crippen LogP contribution is -2.03. The van der Waals surface area contributed by atoms with Gasteiger partial charge in [-0.1, -0.05) is 0 Å². The summed E-state index contributed by atoms with van der Waals surface area (Å²) in [7, 11) is 1.47. The van der Waals surface area contributed by atoms with Crippen LogP contribution in [0, 0.1) is 5.82 Å². The number of rotatable bonds is 3. The Bertz CT molecular complexity index is 434. The Morgan fingerprint density at radius 2 is 2.20 bits per heavy atom. The summed E-state index contributed by atoms with van der Waals surface area (Å²) in [4.78, 5) is 14.0. The van der Waals surface area contributed by atoms with Crippen LogP contribution in [0.5, 0.6) is 5.75 Å². The van der Waals surface area contributed by atoms with Gasteiger partial charge in [-0.05, 0) is 30.5 Å². The predicted molar refractivity (Wildman–Crippen MR) is 52.0 cm³/mol. The summed E-state index contributed by atoms with van der Waals surface area (Å²) < 4.78 is 18.1. The zero-order valence-corrected chi connectivity index (χ0v) is 8.29. The second-order valence-electron chi connectivity index (χ2n) is 3.61. The smallest absolute Gasteiger partial charge is 0.235 e. The minimum atomic E-state index is -0.545. The van der Waals surface area contributed by atoms with E-state index in [1.165, 1.54) is 25.3 Å². The fraction of sp³-hybridized carbons (Fsp3) is 0.364. The Kier molecular flexibility index (Phi) is 2.29. The van der Waals surface area contributed by atoms with Crippen LogP contribution in [0.15, 0.2) is 23.2 Å². The van der Waals surface area contributed by atoms with E-state index in [1.54, 1.807) is 6.07 Å². The van der Waals surface area contributed by atoms with Crippen LogP contribution < -0.4 is 4.74 Å². The van der Waals surface area contributed by atoms with Gasteiger partial charge in [-0.2, -0.15) is 4.99 Å². The minimum absolute atomic E-state index is 0.378. The van der Waals surface area contributed by atoms with Gasteiger partial charge in [-0.15, -0.1) is 0 Å². The summed E-state index contributed by atoms with van der Waals surface area (Å²) in [5.74, 6) is 0.0640. The van der Waals surface area contributed by atoms with E-state index in [-0.39, 0.29) is 5.82 Å². The maximum atomic E-state index is 13.2. The monoisotopic (exact) mass is 207 g/mol. The maximum Gasteiger partial charge on any atom is 0.235 e. The molecule has 15 heavy (non-hydrogen) atoms. The van der Waals surface area contributed by atoms with Crippen molar-refractivity contribution in [2.24, 2.45) is 4.99 Å². The van der Waals surface area contributed by atoms with Gasteiger partial charge < -0.3 is 4.74 Å². The number of hydrogen-bond donors (Lipinski definition) is 0. The van der Waals surface area contributed by atoms with Gasteiger partial charge in [0, 0.05) is 6.07 Å². The molecule has 0 amide bonds. The second-order valence-corrected chi connectivity index (χ2v) is 3.61. The summed E-state index contributed by atoms with van der Waals surface area (Å²) >= 11 is 0. The number of ether oxygens (including phenoxy) is 1. The molecule has 2 rings (SSSR count). The molecule has 0 unspecified atom stereocenters. The SMILES string of the molecule is COc1cc(F)cc(C2(N=C=O)CC2)c1. The standard InChI is InChI=1S/C11H10FNO2/c1-15-10-5-8(4-9(12)6-10)11(2-3-11)13-7-14/h4-6H,2-3H2,1H3. The second kappa shape index (κ2) is 3.48. The molecule has 0 atom stereocenters. The van der Waals surface area contributed by atoms with E-state index in [0.29, 0.717) is 11.3 Å². The van der Waals surface area contributed by atoms with Crippen LogP contribution >= 0.6 is 0 Å². The van der Waals surface area contributed by atoms with Gasteiger partial charge >= 0.3 is 0 Å². The Balaban J connectivity index is 2.44. The first-order chi connectivity index (χ1) is 7.20. The van der Waals surface area contributed by atoms with E-state index in [9.17, 15) is 9.18 Å². The molecule has 0 radical (unpaired) electrons. The van der Waals surface area contributed by atoms with Crippen molar-refractivity contribution in [2.45, 2.75) is 18.4 Å². The van der Waals surface area contributed by atoms with Crippen molar-refractivity contribution in [1.82, 2.24) is 0 Å². The lowest BCUT2D eigenvalue weighted by Gasteiger charge is -2.10. The van der Waals surface area contributed by atoms with E-state index in [1.807, 2.05) is 0 Å². The van der Waals surface area contributed by atoms with Gasteiger partial charge in [0.2, 0.25) is 6.08 Å². The van der Waals surface area contributed by atoms with Crippen molar-refractivity contribution in [3.8, 4) is 5.75 Å². The topological polar surface area (TPSA) is 38.7 Å². The first-order valence-electron chi connectivity index (χ1n) is 4.64. The zero-order chi connectivity index (χ0) is 10.9. The van der Waals surface area contributed by atoms with Crippen LogP contribution in [-0.4, -0.2) is 13.2 Å². The van der Waals surface area contributed by atoms with E-state index in [4.69, 9.17) is 4.74 Å². The van der Waals surface area contributed by atoms with Crippen LogP contribution in [0.25, 0.3) is 0 Å². The average molecular weight is 207 g/mol. The van der Waals surface area contributed by atoms with Crippen LogP contribution in [-0.2, 0) is 10.3 Å². The molecule has 0 bridgehead atoms. The highest BCUT2D eigenvalue weighted by atomic mass is 19.1. The molecule has 1 aliphatic rings. The van der Waals surface area contributed by atoms with Crippen molar-refractivity contribution in [3.63, 3.8) is 0 Å². The van der Waals surface area contributed by atoms with Gasteiger partial charge in [0.1, 0.15) is 11.6 Å². The molecule has 1 aromatic rings. The number of hydrogen-bond acceptors (Lipinski definition) is 3. The molecular weight excluding hydrogens is 197 g/mol. The van der Waals surface area contributed by atoms with Gasteiger partial charge in [-0.3, -0.25) is 0 Å². The number of aliphatic imine (C=N–C) groups is 1. The number of carbonyl (C=O) groups excluding carboxylic acids is 1. The van der Waals surface area contributed by atoms with Crippen LogP contribution in [0.1, 0.15) is 18.4 Å². The molecule has 0 saturated heterocycles. The zero-order valence-electron chi connectivity index (χ0n) is 8.29. The third-order valence-corrected chi connectivity index (χ3v) is 2.63. The number of benzene rings is 1. The highest BCUT2D eigenvalue weighted by molar-refractivity contribution is 5.43. The third-order valence-electron chi connectivity index (χ3n) is 2.63. The molecule has 1 fully saturated rings. The molecule has 3 nitrogen and oxygen atoms in total. The van der Waals surface area contributed by atoms with Crippen molar-refractivity contribution in [3.05, 3.63) is 29.6 Å². The van der Waals surface area contributed by atoms with Crippen LogP contribution in [0.3, 0.4) is 0 Å². The third kappa shape index (κ3) is 1.76. The number of halogens is 1. The molecule has 0 heterocycles. The summed E-state index contributed by atoms with van der Waals surface area (Å²) in [5.41, 5.74) is 0.139. The largest absolute Gasteiger partial charge is 0.497 e. The summed E-state index contributed by atoms with van der Waals surface area (Å²) in [6, 6.07) is 4.39. The summed E-state index contributed by atoms with van der Waals surface area (Å²) in [5, 5.41) is 0. The minimum Gasteiger partial charge on any atom is -0.497 e. The van der Waals surface area contributed by atoms with Gasteiger partial charge in [0.15, 0.2) is 0 Å². The highest BCUT2D eigenvalue weighted by Crippen LogP contribution is 2.49. The first-order valence-corrected chi connectivity index (χ1v) is 4.64. The van der Waals surface area contributed by atoms with E-state index in [2.05, 4.69) is 4.99 Å². The summed E-state index contributed by atoms with van der Waals surface area (Å²) in [6.45, 7) is 0. The van der Waals surface area contributed by atoms with E-state index < -0.39 is 5.54 Å². The molecule has 4 heteroatoms. The molecule has 0 aromatic heterocycles. The Morgan fingerprint density at radius 3 is 2.73 bits per heavy atom. The normalized spacial score (nSPS) is 16.7.